The molecule has 0 amide bonds. The van der Waals surface area contributed by atoms with Crippen molar-refractivity contribution >= 4 is 33.8 Å². The van der Waals surface area contributed by atoms with E-state index in [-0.39, 0.29) is 11.3 Å². The zero-order valence-electron chi connectivity index (χ0n) is 13.9. The van der Waals surface area contributed by atoms with Crippen LogP contribution in [0.5, 0.6) is 0 Å². The van der Waals surface area contributed by atoms with E-state index < -0.39 is 5.82 Å². The number of hydrogen-bond donors (Lipinski definition) is 2. The Morgan fingerprint density at radius 2 is 2.15 bits per heavy atom. The highest BCUT2D eigenvalue weighted by atomic mass is 32.2. The first kappa shape index (κ1) is 17.1. The predicted octanol–water partition coefficient (Wildman–Crippen LogP) is 2.39. The summed E-state index contributed by atoms with van der Waals surface area (Å²) in [5, 5.41) is 20.9. The lowest BCUT2D eigenvalue weighted by atomic mass is 10.1. The monoisotopic (exact) mass is 380 g/mol. The van der Waals surface area contributed by atoms with Gasteiger partial charge in [-0.2, -0.15) is 5.26 Å². The number of benzene rings is 2. The molecule has 27 heavy (non-hydrogen) atoms. The van der Waals surface area contributed by atoms with E-state index >= 15 is 0 Å². The van der Waals surface area contributed by atoms with Gasteiger partial charge in [0.15, 0.2) is 11.0 Å². The minimum Gasteiger partial charge on any atom is -0.359 e. The van der Waals surface area contributed by atoms with E-state index in [1.54, 1.807) is 6.07 Å². The number of hydrogen-bond acceptors (Lipinski definition) is 6. The highest BCUT2D eigenvalue weighted by molar-refractivity contribution is 8.14. The van der Waals surface area contributed by atoms with Crippen LogP contribution in [-0.2, 0) is 6.54 Å². The summed E-state index contributed by atoms with van der Waals surface area (Å²) in [6.07, 6.45) is 0. The number of nitriles is 1. The van der Waals surface area contributed by atoms with Crippen molar-refractivity contribution in [3.8, 4) is 6.07 Å². The molecule has 134 valence electrons. The Kier molecular flexibility index (Phi) is 4.48. The van der Waals surface area contributed by atoms with Crippen LogP contribution in [0, 0.1) is 17.1 Å². The van der Waals surface area contributed by atoms with Crippen LogP contribution in [0.15, 0.2) is 57.5 Å². The number of nitrogens with one attached hydrogen (secondary N) is 2. The molecule has 0 atom stereocenters. The Hall–Kier alpha value is -3.38. The van der Waals surface area contributed by atoms with E-state index in [0.717, 1.165) is 16.6 Å². The normalized spacial score (nSPS) is 13.8. The van der Waals surface area contributed by atoms with Crippen LogP contribution < -0.4 is 11.0 Å². The molecule has 0 fully saturated rings. The first-order valence-corrected chi connectivity index (χ1v) is 9.04. The standard InChI is InChI=1S/C18H13FN6OS/c19-13-6-5-11(7-12(13)8-20)9-21-17-24-23-16(10-27-17)25-15-4-2-1-3-14(15)22-18(25)26/h1-7H,9-10H2,(H,21,24)(H,22,26). The largest absolute Gasteiger partial charge is 0.359 e. The van der Waals surface area contributed by atoms with Crippen molar-refractivity contribution in [2.24, 2.45) is 10.2 Å². The van der Waals surface area contributed by atoms with Gasteiger partial charge in [0.2, 0.25) is 0 Å². The topological polar surface area (TPSA) is 98.3 Å². The lowest BCUT2D eigenvalue weighted by Crippen LogP contribution is -2.31. The van der Waals surface area contributed by atoms with E-state index in [1.165, 1.54) is 28.5 Å². The molecule has 1 aliphatic heterocycles. The van der Waals surface area contributed by atoms with Gasteiger partial charge in [0.1, 0.15) is 11.9 Å². The third-order valence-corrected chi connectivity index (χ3v) is 4.94. The molecule has 0 saturated carbocycles. The molecule has 0 aliphatic carbocycles. The molecule has 4 rings (SSSR count). The Labute approximate surface area is 157 Å². The smallest absolute Gasteiger partial charge is 0.332 e. The maximum absolute atomic E-state index is 13.4. The third kappa shape index (κ3) is 3.35. The molecule has 2 heterocycles. The van der Waals surface area contributed by atoms with E-state index in [1.807, 2.05) is 30.3 Å². The lowest BCUT2D eigenvalue weighted by Gasteiger charge is -2.14. The first-order chi connectivity index (χ1) is 13.2. The Bertz CT molecular complexity index is 1190. The Balaban J connectivity index is 1.52. The van der Waals surface area contributed by atoms with Crippen LogP contribution in [0.3, 0.4) is 0 Å². The zero-order chi connectivity index (χ0) is 18.8. The van der Waals surface area contributed by atoms with E-state index in [4.69, 9.17) is 5.26 Å². The molecule has 0 bridgehead atoms. The van der Waals surface area contributed by atoms with Gasteiger partial charge in [0.25, 0.3) is 0 Å². The summed E-state index contributed by atoms with van der Waals surface area (Å²) in [5.41, 5.74) is 2.01. The number of aromatic amines is 1. The lowest BCUT2D eigenvalue weighted by molar-refractivity contribution is 0.623. The highest BCUT2D eigenvalue weighted by Crippen LogP contribution is 2.15. The van der Waals surface area contributed by atoms with Crippen molar-refractivity contribution in [2.75, 3.05) is 5.75 Å². The van der Waals surface area contributed by atoms with Crippen molar-refractivity contribution in [3.05, 3.63) is 69.9 Å². The van der Waals surface area contributed by atoms with Crippen LogP contribution in [0.1, 0.15) is 11.1 Å². The molecule has 0 radical (unpaired) electrons. The molecule has 0 saturated heterocycles. The average molecular weight is 380 g/mol. The van der Waals surface area contributed by atoms with Crippen LogP contribution in [0.25, 0.3) is 11.0 Å². The van der Waals surface area contributed by atoms with Crippen LogP contribution in [-0.4, -0.2) is 26.3 Å². The van der Waals surface area contributed by atoms with Gasteiger partial charge < -0.3 is 10.3 Å². The predicted molar refractivity (Wildman–Crippen MR) is 103 cm³/mol. The number of nitrogens with zero attached hydrogens (tertiary/aromatic N) is 4. The molecule has 7 nitrogen and oxygen atoms in total. The van der Waals surface area contributed by atoms with Crippen LogP contribution in [0.4, 0.5) is 4.39 Å². The van der Waals surface area contributed by atoms with Crippen molar-refractivity contribution in [1.29, 1.82) is 5.26 Å². The van der Waals surface area contributed by atoms with Gasteiger partial charge in [-0.15, -0.1) is 10.2 Å². The highest BCUT2D eigenvalue weighted by Gasteiger charge is 2.17. The second kappa shape index (κ2) is 7.09. The number of imidazole rings is 1. The van der Waals surface area contributed by atoms with Crippen LogP contribution >= 0.6 is 11.8 Å². The number of halogens is 1. The van der Waals surface area contributed by atoms with E-state index in [2.05, 4.69) is 20.5 Å². The van der Waals surface area contributed by atoms with Gasteiger partial charge >= 0.3 is 5.69 Å². The second-order valence-electron chi connectivity index (χ2n) is 5.77. The molecule has 1 aliphatic rings. The fourth-order valence-corrected chi connectivity index (χ4v) is 3.47. The molecular formula is C18H13FN6OS. The van der Waals surface area contributed by atoms with Gasteiger partial charge in [0, 0.05) is 6.54 Å². The molecule has 1 aromatic heterocycles. The van der Waals surface area contributed by atoms with Crippen molar-refractivity contribution < 1.29 is 4.39 Å². The van der Waals surface area contributed by atoms with E-state index in [0.29, 0.717) is 23.3 Å². The molecule has 3 aromatic rings. The van der Waals surface area contributed by atoms with Crippen molar-refractivity contribution in [1.82, 2.24) is 14.9 Å². The van der Waals surface area contributed by atoms with Gasteiger partial charge in [0.05, 0.1) is 22.3 Å². The molecule has 0 spiro atoms. The van der Waals surface area contributed by atoms with E-state index in [9.17, 15) is 9.18 Å². The molecular weight excluding hydrogens is 367 g/mol. The Morgan fingerprint density at radius 1 is 1.30 bits per heavy atom. The SMILES string of the molecule is N#Cc1cc(CNC2=NN=C(n3c(=O)[nH]c4ccccc43)CS2)ccc1F. The number of aromatic nitrogens is 2. The van der Waals surface area contributed by atoms with Crippen molar-refractivity contribution in [2.45, 2.75) is 6.54 Å². The summed E-state index contributed by atoms with van der Waals surface area (Å²) in [6.45, 7) is 0.388. The average Bonchev–Trinajstić information content (AvgIpc) is 3.03. The summed E-state index contributed by atoms with van der Waals surface area (Å²) < 4.78 is 14.9. The summed E-state index contributed by atoms with van der Waals surface area (Å²) in [4.78, 5) is 15.0. The Morgan fingerprint density at radius 3 is 2.93 bits per heavy atom. The third-order valence-electron chi connectivity index (χ3n) is 4.04. The molecule has 0 unspecified atom stereocenters. The second-order valence-corrected chi connectivity index (χ2v) is 6.74. The minimum atomic E-state index is -0.538. The quantitative estimate of drug-likeness (QED) is 0.713. The summed E-state index contributed by atoms with van der Waals surface area (Å²) >= 11 is 1.41. The number of H-pyrrole nitrogens is 1. The van der Waals surface area contributed by atoms with Gasteiger partial charge in [-0.25, -0.2) is 13.8 Å². The number of thioether (sulfide) groups is 1. The van der Waals surface area contributed by atoms with Crippen molar-refractivity contribution in [3.63, 3.8) is 0 Å². The fraction of sp³-hybridized carbons (Fsp3) is 0.111. The minimum absolute atomic E-state index is 0.00607. The van der Waals surface area contributed by atoms with Gasteiger partial charge in [-0.1, -0.05) is 30.0 Å². The van der Waals surface area contributed by atoms with Crippen LogP contribution in [0.2, 0.25) is 0 Å². The number of amidine groups is 1. The maximum atomic E-state index is 13.4. The first-order valence-electron chi connectivity index (χ1n) is 8.05. The summed E-state index contributed by atoms with van der Waals surface area (Å²) in [6, 6.07) is 13.6. The number of para-hydroxylation sites is 2. The summed E-state index contributed by atoms with van der Waals surface area (Å²) in [5.74, 6) is 0.478. The van der Waals surface area contributed by atoms with Gasteiger partial charge in [-0.05, 0) is 29.8 Å². The molecule has 2 aromatic carbocycles. The summed E-state index contributed by atoms with van der Waals surface area (Å²) in [7, 11) is 0. The molecule has 2 N–H and O–H groups in total. The molecule has 9 heteroatoms. The number of fused-ring (bicyclic) bond motifs is 1. The fourth-order valence-electron chi connectivity index (χ4n) is 2.75. The maximum Gasteiger partial charge on any atom is 0.332 e. The zero-order valence-corrected chi connectivity index (χ0v) is 14.8. The number of rotatable bonds is 2. The van der Waals surface area contributed by atoms with Gasteiger partial charge in [-0.3, -0.25) is 0 Å².